The van der Waals surface area contributed by atoms with E-state index in [1.54, 1.807) is 0 Å². The number of hydrogen-bond donors (Lipinski definition) is 1. The Labute approximate surface area is 107 Å². The zero-order valence-corrected chi connectivity index (χ0v) is 12.4. The molecule has 0 aromatic carbocycles. The van der Waals surface area contributed by atoms with Crippen molar-refractivity contribution in [2.75, 3.05) is 26.7 Å². The number of rotatable bonds is 5. The Bertz CT molecular complexity index is 223. The van der Waals surface area contributed by atoms with Gasteiger partial charge in [-0.05, 0) is 40.2 Å². The van der Waals surface area contributed by atoms with Crippen molar-refractivity contribution in [3.8, 4) is 0 Å². The van der Waals surface area contributed by atoms with Crippen LogP contribution in [0.2, 0.25) is 0 Å². The average Bonchev–Trinajstić information content (AvgIpc) is 2.56. The molecule has 1 aliphatic heterocycles. The highest BCUT2D eigenvalue weighted by Gasteiger charge is 2.25. The summed E-state index contributed by atoms with van der Waals surface area (Å²) in [7, 11) is 2.17. The Hall–Kier alpha value is -0.120. The largest absolute Gasteiger partial charge is 0.372 e. The van der Waals surface area contributed by atoms with Crippen molar-refractivity contribution in [2.45, 2.75) is 58.8 Å². The van der Waals surface area contributed by atoms with Crippen LogP contribution in [0.5, 0.6) is 0 Å². The molecular weight excluding hydrogens is 212 g/mol. The van der Waals surface area contributed by atoms with Crippen LogP contribution in [-0.2, 0) is 4.74 Å². The van der Waals surface area contributed by atoms with Crippen LogP contribution < -0.4 is 5.32 Å². The highest BCUT2D eigenvalue weighted by atomic mass is 16.5. The lowest BCUT2D eigenvalue weighted by atomic mass is 10.0. The van der Waals surface area contributed by atoms with E-state index in [1.807, 2.05) is 0 Å². The van der Waals surface area contributed by atoms with E-state index < -0.39 is 0 Å². The molecule has 0 aromatic heterocycles. The Balaban J connectivity index is 2.38. The predicted octanol–water partition coefficient (Wildman–Crippen LogP) is 2.12. The third-order valence-corrected chi connectivity index (χ3v) is 3.29. The predicted molar refractivity (Wildman–Crippen MR) is 73.4 cm³/mol. The first-order valence-corrected chi connectivity index (χ1v) is 6.87. The van der Waals surface area contributed by atoms with E-state index >= 15 is 0 Å². The monoisotopic (exact) mass is 242 g/mol. The molecule has 2 atom stereocenters. The van der Waals surface area contributed by atoms with Crippen LogP contribution in [0.25, 0.3) is 0 Å². The van der Waals surface area contributed by atoms with E-state index in [4.69, 9.17) is 4.74 Å². The van der Waals surface area contributed by atoms with Crippen LogP contribution in [-0.4, -0.2) is 49.3 Å². The van der Waals surface area contributed by atoms with Crippen LogP contribution in [0.1, 0.15) is 41.0 Å². The zero-order chi connectivity index (χ0) is 13.1. The molecule has 0 bridgehead atoms. The Morgan fingerprint density at radius 2 is 2.00 bits per heavy atom. The summed E-state index contributed by atoms with van der Waals surface area (Å²) in [4.78, 5) is 2.35. The van der Waals surface area contributed by atoms with Crippen molar-refractivity contribution in [3.63, 3.8) is 0 Å². The number of nitrogens with zero attached hydrogens (tertiary/aromatic N) is 1. The van der Waals surface area contributed by atoms with Crippen LogP contribution in [0, 0.1) is 5.92 Å². The number of ether oxygens (including phenoxy) is 1. The summed E-state index contributed by atoms with van der Waals surface area (Å²) in [5.74, 6) is 0.566. The van der Waals surface area contributed by atoms with Gasteiger partial charge in [-0.2, -0.15) is 0 Å². The van der Waals surface area contributed by atoms with E-state index in [2.05, 4.69) is 51.9 Å². The van der Waals surface area contributed by atoms with Gasteiger partial charge in [0.25, 0.3) is 0 Å². The zero-order valence-electron chi connectivity index (χ0n) is 12.4. The second-order valence-corrected chi connectivity index (χ2v) is 6.72. The van der Waals surface area contributed by atoms with E-state index in [0.717, 1.165) is 13.1 Å². The minimum absolute atomic E-state index is 0.170. The lowest BCUT2D eigenvalue weighted by Gasteiger charge is -2.29. The van der Waals surface area contributed by atoms with Gasteiger partial charge in [0.1, 0.15) is 0 Å². The fourth-order valence-corrected chi connectivity index (χ4v) is 2.10. The third kappa shape index (κ3) is 5.84. The topological polar surface area (TPSA) is 24.5 Å². The molecule has 1 saturated heterocycles. The highest BCUT2D eigenvalue weighted by molar-refractivity contribution is 4.79. The van der Waals surface area contributed by atoms with Gasteiger partial charge in [0.15, 0.2) is 0 Å². The maximum absolute atomic E-state index is 6.23. The van der Waals surface area contributed by atoms with Crippen molar-refractivity contribution in [2.24, 2.45) is 5.92 Å². The van der Waals surface area contributed by atoms with Gasteiger partial charge in [0, 0.05) is 25.2 Å². The molecule has 0 aromatic rings. The maximum atomic E-state index is 6.23. The van der Waals surface area contributed by atoms with Crippen molar-refractivity contribution in [1.82, 2.24) is 10.2 Å². The minimum Gasteiger partial charge on any atom is -0.372 e. The van der Waals surface area contributed by atoms with Crippen molar-refractivity contribution < 1.29 is 4.74 Å². The highest BCUT2D eigenvalue weighted by Crippen LogP contribution is 2.17. The van der Waals surface area contributed by atoms with Gasteiger partial charge in [0.05, 0.1) is 12.2 Å². The molecule has 17 heavy (non-hydrogen) atoms. The molecule has 1 rings (SSSR count). The van der Waals surface area contributed by atoms with Crippen LogP contribution in [0.3, 0.4) is 0 Å². The summed E-state index contributed by atoms with van der Waals surface area (Å²) in [6.45, 7) is 14.3. The van der Waals surface area contributed by atoms with Crippen LogP contribution >= 0.6 is 0 Å². The summed E-state index contributed by atoms with van der Waals surface area (Å²) >= 11 is 0. The number of nitrogens with one attached hydrogen (secondary N) is 1. The molecule has 1 aliphatic rings. The van der Waals surface area contributed by atoms with Crippen molar-refractivity contribution in [3.05, 3.63) is 0 Å². The van der Waals surface area contributed by atoms with Gasteiger partial charge >= 0.3 is 0 Å². The fraction of sp³-hybridized carbons (Fsp3) is 1.00. The Morgan fingerprint density at radius 1 is 1.35 bits per heavy atom. The first-order chi connectivity index (χ1) is 7.78. The minimum atomic E-state index is 0.170. The van der Waals surface area contributed by atoms with Crippen molar-refractivity contribution >= 4 is 0 Å². The van der Waals surface area contributed by atoms with Gasteiger partial charge in [-0.3, -0.25) is 0 Å². The SMILES string of the molecule is CC(C)C(CNC(C)(C)C)OC1CCN(C)C1. The molecule has 1 fully saturated rings. The van der Waals surface area contributed by atoms with Crippen LogP contribution in [0.15, 0.2) is 0 Å². The van der Waals surface area contributed by atoms with E-state index in [0.29, 0.717) is 18.1 Å². The molecule has 0 radical (unpaired) electrons. The first-order valence-electron chi connectivity index (χ1n) is 6.87. The molecule has 3 heteroatoms. The molecule has 102 valence electrons. The fourth-order valence-electron chi connectivity index (χ4n) is 2.10. The Morgan fingerprint density at radius 3 is 2.41 bits per heavy atom. The summed E-state index contributed by atoms with van der Waals surface area (Å²) in [5, 5.41) is 3.55. The molecule has 1 N–H and O–H groups in total. The quantitative estimate of drug-likeness (QED) is 0.799. The summed E-state index contributed by atoms with van der Waals surface area (Å²) < 4.78 is 6.23. The second-order valence-electron chi connectivity index (χ2n) is 6.72. The average molecular weight is 242 g/mol. The molecule has 0 aliphatic carbocycles. The lowest BCUT2D eigenvalue weighted by Crippen LogP contribution is -2.44. The summed E-state index contributed by atoms with van der Waals surface area (Å²) in [6.07, 6.45) is 1.93. The van der Waals surface area contributed by atoms with E-state index in [-0.39, 0.29) is 5.54 Å². The number of hydrogen-bond acceptors (Lipinski definition) is 3. The lowest BCUT2D eigenvalue weighted by molar-refractivity contribution is -0.0306. The van der Waals surface area contributed by atoms with Gasteiger partial charge < -0.3 is 15.0 Å². The number of likely N-dealkylation sites (tertiary alicyclic amines) is 1. The van der Waals surface area contributed by atoms with Crippen LogP contribution in [0.4, 0.5) is 0 Å². The van der Waals surface area contributed by atoms with E-state index in [9.17, 15) is 0 Å². The van der Waals surface area contributed by atoms with Crippen molar-refractivity contribution in [1.29, 1.82) is 0 Å². The van der Waals surface area contributed by atoms with Gasteiger partial charge in [-0.25, -0.2) is 0 Å². The second kappa shape index (κ2) is 6.17. The van der Waals surface area contributed by atoms with Gasteiger partial charge in [-0.15, -0.1) is 0 Å². The molecular formula is C14H30N2O. The van der Waals surface area contributed by atoms with Gasteiger partial charge in [-0.1, -0.05) is 13.8 Å². The Kier molecular flexibility index (Phi) is 5.42. The first kappa shape index (κ1) is 14.9. The smallest absolute Gasteiger partial charge is 0.0726 e. The summed E-state index contributed by atoms with van der Waals surface area (Å²) in [6, 6.07) is 0. The maximum Gasteiger partial charge on any atom is 0.0726 e. The van der Waals surface area contributed by atoms with Gasteiger partial charge in [0.2, 0.25) is 0 Å². The molecule has 2 unspecified atom stereocenters. The summed E-state index contributed by atoms with van der Waals surface area (Å²) in [5.41, 5.74) is 0.170. The molecule has 3 nitrogen and oxygen atoms in total. The normalized spacial score (nSPS) is 24.5. The molecule has 1 heterocycles. The molecule has 0 spiro atoms. The molecule has 0 amide bonds. The number of likely N-dealkylation sites (N-methyl/N-ethyl adjacent to an activating group) is 1. The standard InChI is InChI=1S/C14H30N2O/c1-11(2)13(9-15-14(3,4)5)17-12-7-8-16(6)10-12/h11-13,15H,7-10H2,1-6H3. The third-order valence-electron chi connectivity index (χ3n) is 3.29. The molecule has 0 saturated carbocycles. The van der Waals surface area contributed by atoms with E-state index in [1.165, 1.54) is 13.0 Å².